The minimum atomic E-state index is 0.175. The van der Waals surface area contributed by atoms with Gasteiger partial charge in [-0.2, -0.15) is 5.10 Å². The lowest BCUT2D eigenvalue weighted by Gasteiger charge is -2.26. The molecule has 1 aromatic heterocycles. The first kappa shape index (κ1) is 13.2. The monoisotopic (exact) mass is 224 g/mol. The summed E-state index contributed by atoms with van der Waals surface area (Å²) in [5.41, 5.74) is 4.33. The van der Waals surface area contributed by atoms with Crippen LogP contribution in [0.25, 0.3) is 0 Å². The standard InChI is InChI=1S/C12H24N4/c1-5-8-16-11(6-7-14-16)10(15-13)9-12(2,3)4/h6-7,10,15H,5,8-9,13H2,1-4H3. The molecule has 0 aromatic carbocycles. The molecule has 0 amide bonds. The molecular weight excluding hydrogens is 200 g/mol. The normalized spacial score (nSPS) is 14.1. The first-order valence-corrected chi connectivity index (χ1v) is 5.95. The maximum Gasteiger partial charge on any atom is 0.0634 e. The highest BCUT2D eigenvalue weighted by atomic mass is 15.3. The summed E-state index contributed by atoms with van der Waals surface area (Å²) in [7, 11) is 0. The number of aryl methyl sites for hydroxylation is 1. The molecule has 92 valence electrons. The van der Waals surface area contributed by atoms with Crippen molar-refractivity contribution >= 4 is 0 Å². The van der Waals surface area contributed by atoms with E-state index in [1.54, 1.807) is 0 Å². The molecule has 3 N–H and O–H groups in total. The van der Waals surface area contributed by atoms with Gasteiger partial charge in [-0.05, 0) is 24.3 Å². The van der Waals surface area contributed by atoms with E-state index in [2.05, 4.69) is 38.2 Å². The van der Waals surface area contributed by atoms with Crippen molar-refractivity contribution in [2.45, 2.75) is 53.1 Å². The summed E-state index contributed by atoms with van der Waals surface area (Å²) in [6, 6.07) is 2.22. The molecule has 0 spiro atoms. The predicted molar refractivity (Wildman–Crippen MR) is 66.7 cm³/mol. The van der Waals surface area contributed by atoms with Gasteiger partial charge in [-0.25, -0.2) is 0 Å². The van der Waals surface area contributed by atoms with Gasteiger partial charge in [0.15, 0.2) is 0 Å². The Kier molecular flexibility index (Phi) is 4.50. The number of hydrazine groups is 1. The van der Waals surface area contributed by atoms with Gasteiger partial charge in [0.1, 0.15) is 0 Å². The van der Waals surface area contributed by atoms with Crippen molar-refractivity contribution in [3.63, 3.8) is 0 Å². The molecule has 4 heteroatoms. The molecule has 0 aliphatic carbocycles. The smallest absolute Gasteiger partial charge is 0.0634 e. The lowest BCUT2D eigenvalue weighted by Crippen LogP contribution is -2.32. The van der Waals surface area contributed by atoms with E-state index in [9.17, 15) is 0 Å². The van der Waals surface area contributed by atoms with Crippen molar-refractivity contribution in [3.05, 3.63) is 18.0 Å². The quantitative estimate of drug-likeness (QED) is 0.595. The van der Waals surface area contributed by atoms with E-state index in [0.29, 0.717) is 0 Å². The zero-order valence-corrected chi connectivity index (χ0v) is 10.8. The molecule has 1 rings (SSSR count). The third kappa shape index (κ3) is 3.61. The van der Waals surface area contributed by atoms with Crippen molar-refractivity contribution in [1.82, 2.24) is 15.2 Å². The Hall–Kier alpha value is -0.870. The first-order valence-electron chi connectivity index (χ1n) is 5.95. The Morgan fingerprint density at radius 2 is 2.19 bits per heavy atom. The van der Waals surface area contributed by atoms with Crippen LogP contribution in [-0.2, 0) is 6.54 Å². The van der Waals surface area contributed by atoms with Crippen LogP contribution in [-0.4, -0.2) is 9.78 Å². The van der Waals surface area contributed by atoms with Crippen LogP contribution >= 0.6 is 0 Å². The number of nitrogens with zero attached hydrogens (tertiary/aromatic N) is 2. The molecule has 0 fully saturated rings. The van der Waals surface area contributed by atoms with Crippen LogP contribution in [0.2, 0.25) is 0 Å². The highest BCUT2D eigenvalue weighted by molar-refractivity contribution is 5.07. The Morgan fingerprint density at radius 3 is 2.69 bits per heavy atom. The molecule has 1 aromatic rings. The van der Waals surface area contributed by atoms with Crippen LogP contribution in [0.3, 0.4) is 0 Å². The maximum absolute atomic E-state index is 5.65. The van der Waals surface area contributed by atoms with E-state index in [4.69, 9.17) is 5.84 Å². The molecule has 4 nitrogen and oxygen atoms in total. The zero-order valence-electron chi connectivity index (χ0n) is 10.8. The fourth-order valence-corrected chi connectivity index (χ4v) is 1.90. The summed E-state index contributed by atoms with van der Waals surface area (Å²) in [5, 5.41) is 4.33. The lowest BCUT2D eigenvalue weighted by atomic mass is 9.87. The summed E-state index contributed by atoms with van der Waals surface area (Å²) >= 11 is 0. The van der Waals surface area contributed by atoms with Crippen LogP contribution in [0.1, 0.15) is 52.3 Å². The number of aromatic nitrogens is 2. The third-order valence-electron chi connectivity index (χ3n) is 2.56. The predicted octanol–water partition coefficient (Wildman–Crippen LogP) is 2.23. The number of hydrogen-bond acceptors (Lipinski definition) is 3. The van der Waals surface area contributed by atoms with Crippen molar-refractivity contribution in [1.29, 1.82) is 0 Å². The molecule has 0 bridgehead atoms. The van der Waals surface area contributed by atoms with Gasteiger partial charge in [-0.3, -0.25) is 16.0 Å². The van der Waals surface area contributed by atoms with Crippen molar-refractivity contribution in [3.8, 4) is 0 Å². The molecular formula is C12H24N4. The van der Waals surface area contributed by atoms with Crippen molar-refractivity contribution in [2.75, 3.05) is 0 Å². The van der Waals surface area contributed by atoms with Crippen LogP contribution in [0, 0.1) is 5.41 Å². The average Bonchev–Trinajstić information content (AvgIpc) is 2.61. The average molecular weight is 224 g/mol. The maximum atomic E-state index is 5.65. The van der Waals surface area contributed by atoms with Gasteiger partial charge in [0, 0.05) is 12.7 Å². The molecule has 0 saturated heterocycles. The second-order valence-corrected chi connectivity index (χ2v) is 5.46. The number of nitrogens with two attached hydrogens (primary N) is 1. The second-order valence-electron chi connectivity index (χ2n) is 5.46. The van der Waals surface area contributed by atoms with Gasteiger partial charge in [0.25, 0.3) is 0 Å². The number of hydrogen-bond donors (Lipinski definition) is 2. The van der Waals surface area contributed by atoms with Crippen LogP contribution in [0.5, 0.6) is 0 Å². The van der Waals surface area contributed by atoms with Gasteiger partial charge in [-0.15, -0.1) is 0 Å². The zero-order chi connectivity index (χ0) is 12.2. The Bertz CT molecular complexity index is 311. The molecule has 1 unspecified atom stereocenters. The van der Waals surface area contributed by atoms with E-state index >= 15 is 0 Å². The largest absolute Gasteiger partial charge is 0.271 e. The lowest BCUT2D eigenvalue weighted by molar-refractivity contribution is 0.302. The molecule has 16 heavy (non-hydrogen) atoms. The van der Waals surface area contributed by atoms with E-state index in [1.807, 2.05) is 16.9 Å². The fraction of sp³-hybridized carbons (Fsp3) is 0.750. The summed E-state index contributed by atoms with van der Waals surface area (Å²) in [6.45, 7) is 9.76. The highest BCUT2D eigenvalue weighted by Gasteiger charge is 2.21. The van der Waals surface area contributed by atoms with E-state index in [0.717, 1.165) is 19.4 Å². The van der Waals surface area contributed by atoms with E-state index < -0.39 is 0 Å². The molecule has 0 aliphatic rings. The van der Waals surface area contributed by atoms with Crippen LogP contribution in [0.4, 0.5) is 0 Å². The Morgan fingerprint density at radius 1 is 1.50 bits per heavy atom. The summed E-state index contributed by atoms with van der Waals surface area (Å²) in [5.74, 6) is 5.65. The van der Waals surface area contributed by atoms with Crippen LogP contribution in [0.15, 0.2) is 12.3 Å². The second kappa shape index (κ2) is 5.46. The highest BCUT2D eigenvalue weighted by Crippen LogP contribution is 2.28. The third-order valence-corrected chi connectivity index (χ3v) is 2.56. The topological polar surface area (TPSA) is 55.9 Å². The SMILES string of the molecule is CCCn1nccc1C(CC(C)(C)C)NN. The number of rotatable bonds is 5. The van der Waals surface area contributed by atoms with Gasteiger partial charge in [0.2, 0.25) is 0 Å². The fourth-order valence-electron chi connectivity index (χ4n) is 1.90. The minimum absolute atomic E-state index is 0.175. The first-order chi connectivity index (χ1) is 7.48. The van der Waals surface area contributed by atoms with Crippen molar-refractivity contribution < 1.29 is 0 Å². The minimum Gasteiger partial charge on any atom is -0.271 e. The summed E-state index contributed by atoms with van der Waals surface area (Å²) < 4.78 is 2.04. The van der Waals surface area contributed by atoms with E-state index in [1.165, 1.54) is 5.69 Å². The molecule has 0 aliphatic heterocycles. The van der Waals surface area contributed by atoms with Crippen LogP contribution < -0.4 is 11.3 Å². The van der Waals surface area contributed by atoms with Gasteiger partial charge in [-0.1, -0.05) is 27.7 Å². The Labute approximate surface area is 98.2 Å². The number of nitrogens with one attached hydrogen (secondary N) is 1. The summed E-state index contributed by atoms with van der Waals surface area (Å²) in [4.78, 5) is 0. The molecule has 1 atom stereocenters. The molecule has 1 heterocycles. The van der Waals surface area contributed by atoms with Gasteiger partial charge >= 0.3 is 0 Å². The molecule has 0 radical (unpaired) electrons. The van der Waals surface area contributed by atoms with Gasteiger partial charge in [0.05, 0.1) is 11.7 Å². The molecule has 0 saturated carbocycles. The summed E-state index contributed by atoms with van der Waals surface area (Å²) in [6.07, 6.45) is 3.93. The Balaban J connectivity index is 2.82. The van der Waals surface area contributed by atoms with E-state index in [-0.39, 0.29) is 11.5 Å². The van der Waals surface area contributed by atoms with Gasteiger partial charge < -0.3 is 0 Å². The van der Waals surface area contributed by atoms with Crippen molar-refractivity contribution in [2.24, 2.45) is 11.3 Å².